The molecule has 0 aliphatic heterocycles. The van der Waals surface area contributed by atoms with E-state index >= 15 is 0 Å². The second kappa shape index (κ2) is 6.57. The fraction of sp³-hybridized carbons (Fsp3) is 0.250. The zero-order valence-electron chi connectivity index (χ0n) is 11.2. The monoisotopic (exact) mass is 279 g/mol. The van der Waals surface area contributed by atoms with Crippen LogP contribution < -0.4 is 5.32 Å². The largest absolute Gasteiger partial charge is 0.319 e. The van der Waals surface area contributed by atoms with Gasteiger partial charge in [-0.25, -0.2) is 13.2 Å². The summed E-state index contributed by atoms with van der Waals surface area (Å²) in [5.41, 5.74) is 0.917. The van der Waals surface area contributed by atoms with Crippen molar-refractivity contribution in [2.45, 2.75) is 12.3 Å². The third-order valence-electron chi connectivity index (χ3n) is 3.30. The predicted octanol–water partition coefficient (Wildman–Crippen LogP) is 3.65. The maximum Gasteiger partial charge on any atom is 0.129 e. The summed E-state index contributed by atoms with van der Waals surface area (Å²) in [4.78, 5) is 0. The minimum atomic E-state index is -0.548. The molecule has 1 N–H and O–H groups in total. The Kier molecular flexibility index (Phi) is 4.79. The summed E-state index contributed by atoms with van der Waals surface area (Å²) in [6, 6.07) is 9.86. The van der Waals surface area contributed by atoms with E-state index in [-0.39, 0.29) is 23.7 Å². The summed E-state index contributed by atoms with van der Waals surface area (Å²) in [5.74, 6) is -1.54. The van der Waals surface area contributed by atoms with Crippen LogP contribution in [0.3, 0.4) is 0 Å². The van der Waals surface area contributed by atoms with Gasteiger partial charge in [0.25, 0.3) is 0 Å². The highest BCUT2D eigenvalue weighted by molar-refractivity contribution is 5.27. The highest BCUT2D eigenvalue weighted by Crippen LogP contribution is 2.24. The molecule has 0 radical (unpaired) electrons. The second-order valence-electron chi connectivity index (χ2n) is 4.71. The van der Waals surface area contributed by atoms with E-state index in [1.165, 1.54) is 30.3 Å². The SMILES string of the molecule is CNCC(Cc1c(F)cccc1F)c1ccc(F)cc1. The quantitative estimate of drug-likeness (QED) is 0.881. The molecule has 1 atom stereocenters. The summed E-state index contributed by atoms with van der Waals surface area (Å²) < 4.78 is 40.4. The Morgan fingerprint density at radius 1 is 0.950 bits per heavy atom. The number of hydrogen-bond acceptors (Lipinski definition) is 1. The Hall–Kier alpha value is -1.81. The van der Waals surface area contributed by atoms with Crippen LogP contribution in [0.15, 0.2) is 42.5 Å². The lowest BCUT2D eigenvalue weighted by atomic mass is 9.91. The van der Waals surface area contributed by atoms with Crippen molar-refractivity contribution in [3.8, 4) is 0 Å². The molecule has 0 saturated heterocycles. The number of likely N-dealkylation sites (N-methyl/N-ethyl adjacent to an activating group) is 1. The number of halogens is 3. The minimum Gasteiger partial charge on any atom is -0.319 e. The molecule has 1 unspecified atom stereocenters. The molecule has 20 heavy (non-hydrogen) atoms. The summed E-state index contributed by atoms with van der Waals surface area (Å²) in [5, 5.41) is 3.00. The molecule has 0 aliphatic carbocycles. The standard InChI is InChI=1S/C16H16F3N/c1-20-10-12(11-5-7-13(17)8-6-11)9-14-15(18)3-2-4-16(14)19/h2-8,12,20H,9-10H2,1H3. The summed E-state index contributed by atoms with van der Waals surface area (Å²) in [7, 11) is 1.77. The first kappa shape index (κ1) is 14.6. The first-order valence-electron chi connectivity index (χ1n) is 6.44. The van der Waals surface area contributed by atoms with E-state index in [0.29, 0.717) is 6.54 Å². The molecule has 4 heteroatoms. The molecule has 2 aromatic carbocycles. The van der Waals surface area contributed by atoms with Crippen LogP contribution in [0.5, 0.6) is 0 Å². The topological polar surface area (TPSA) is 12.0 Å². The lowest BCUT2D eigenvalue weighted by Gasteiger charge is -2.18. The van der Waals surface area contributed by atoms with Crippen molar-refractivity contribution >= 4 is 0 Å². The van der Waals surface area contributed by atoms with Gasteiger partial charge in [0.1, 0.15) is 17.5 Å². The smallest absolute Gasteiger partial charge is 0.129 e. The summed E-state index contributed by atoms with van der Waals surface area (Å²) in [6.07, 6.45) is 0.227. The van der Waals surface area contributed by atoms with E-state index in [9.17, 15) is 13.2 Å². The Bertz CT molecular complexity index is 546. The van der Waals surface area contributed by atoms with E-state index in [1.54, 1.807) is 19.2 Å². The molecule has 0 aliphatic rings. The van der Waals surface area contributed by atoms with Gasteiger partial charge in [-0.1, -0.05) is 18.2 Å². The number of benzene rings is 2. The summed E-state index contributed by atoms with van der Waals surface area (Å²) >= 11 is 0. The molecule has 0 fully saturated rings. The van der Waals surface area contributed by atoms with Gasteiger partial charge in [-0.15, -0.1) is 0 Å². The lowest BCUT2D eigenvalue weighted by Crippen LogP contribution is -2.20. The van der Waals surface area contributed by atoms with Crippen LogP contribution >= 0.6 is 0 Å². The maximum absolute atomic E-state index is 13.7. The van der Waals surface area contributed by atoms with Crippen molar-refractivity contribution < 1.29 is 13.2 Å². The fourth-order valence-corrected chi connectivity index (χ4v) is 2.26. The van der Waals surface area contributed by atoms with Crippen LogP contribution in [-0.4, -0.2) is 13.6 Å². The molecule has 0 amide bonds. The van der Waals surface area contributed by atoms with Gasteiger partial charge in [0.05, 0.1) is 0 Å². The molecule has 0 spiro atoms. The molecular formula is C16H16F3N. The van der Waals surface area contributed by atoms with Crippen molar-refractivity contribution in [2.75, 3.05) is 13.6 Å². The van der Waals surface area contributed by atoms with Crippen LogP contribution in [0, 0.1) is 17.5 Å². The Balaban J connectivity index is 2.28. The zero-order valence-corrected chi connectivity index (χ0v) is 11.2. The fourth-order valence-electron chi connectivity index (χ4n) is 2.26. The van der Waals surface area contributed by atoms with Gasteiger partial charge in [0.15, 0.2) is 0 Å². The molecule has 0 saturated carbocycles. The third kappa shape index (κ3) is 3.39. The van der Waals surface area contributed by atoms with Gasteiger partial charge >= 0.3 is 0 Å². The highest BCUT2D eigenvalue weighted by atomic mass is 19.1. The van der Waals surface area contributed by atoms with E-state index < -0.39 is 11.6 Å². The normalized spacial score (nSPS) is 12.4. The number of hydrogen-bond donors (Lipinski definition) is 1. The van der Waals surface area contributed by atoms with Gasteiger partial charge in [-0.3, -0.25) is 0 Å². The van der Waals surface area contributed by atoms with Crippen molar-refractivity contribution in [2.24, 2.45) is 0 Å². The molecule has 1 nitrogen and oxygen atoms in total. The van der Waals surface area contributed by atoms with Gasteiger partial charge in [0, 0.05) is 18.0 Å². The van der Waals surface area contributed by atoms with Gasteiger partial charge in [0.2, 0.25) is 0 Å². The number of nitrogens with one attached hydrogen (secondary N) is 1. The zero-order chi connectivity index (χ0) is 14.5. The van der Waals surface area contributed by atoms with Crippen LogP contribution in [0.4, 0.5) is 13.2 Å². The maximum atomic E-state index is 13.7. The summed E-state index contributed by atoms with van der Waals surface area (Å²) in [6.45, 7) is 0.555. The van der Waals surface area contributed by atoms with E-state index in [0.717, 1.165) is 5.56 Å². The Morgan fingerprint density at radius 3 is 2.10 bits per heavy atom. The molecule has 0 aromatic heterocycles. The average Bonchev–Trinajstić information content (AvgIpc) is 2.43. The second-order valence-corrected chi connectivity index (χ2v) is 4.71. The lowest BCUT2D eigenvalue weighted by molar-refractivity contribution is 0.528. The van der Waals surface area contributed by atoms with Gasteiger partial charge < -0.3 is 5.32 Å². The van der Waals surface area contributed by atoms with Crippen molar-refractivity contribution in [3.63, 3.8) is 0 Å². The first-order valence-corrected chi connectivity index (χ1v) is 6.44. The molecule has 2 aromatic rings. The van der Waals surface area contributed by atoms with Crippen molar-refractivity contribution in [1.82, 2.24) is 5.32 Å². The Morgan fingerprint density at radius 2 is 1.55 bits per heavy atom. The first-order chi connectivity index (χ1) is 9.61. The third-order valence-corrected chi connectivity index (χ3v) is 3.30. The Labute approximate surface area is 116 Å². The van der Waals surface area contributed by atoms with Crippen LogP contribution in [0.2, 0.25) is 0 Å². The molecule has 2 rings (SSSR count). The van der Waals surface area contributed by atoms with Crippen LogP contribution in [0.1, 0.15) is 17.0 Å². The van der Waals surface area contributed by atoms with Crippen LogP contribution in [0.25, 0.3) is 0 Å². The average molecular weight is 279 g/mol. The van der Waals surface area contributed by atoms with Crippen molar-refractivity contribution in [1.29, 1.82) is 0 Å². The van der Waals surface area contributed by atoms with Gasteiger partial charge in [-0.2, -0.15) is 0 Å². The van der Waals surface area contributed by atoms with Gasteiger partial charge in [-0.05, 0) is 43.3 Å². The van der Waals surface area contributed by atoms with E-state index in [2.05, 4.69) is 5.32 Å². The number of rotatable bonds is 5. The molecule has 0 heterocycles. The molecule has 0 bridgehead atoms. The van der Waals surface area contributed by atoms with E-state index in [4.69, 9.17) is 0 Å². The van der Waals surface area contributed by atoms with Crippen molar-refractivity contribution in [3.05, 3.63) is 71.0 Å². The van der Waals surface area contributed by atoms with Crippen LogP contribution in [-0.2, 0) is 6.42 Å². The highest BCUT2D eigenvalue weighted by Gasteiger charge is 2.17. The molecular weight excluding hydrogens is 263 g/mol. The molecule has 106 valence electrons. The predicted molar refractivity (Wildman–Crippen MR) is 73.1 cm³/mol. The van der Waals surface area contributed by atoms with E-state index in [1.807, 2.05) is 0 Å². The minimum absolute atomic E-state index is 0.0667.